The Morgan fingerprint density at radius 3 is 2.48 bits per heavy atom. The quantitative estimate of drug-likeness (QED) is 0.855. The first-order valence-corrected chi connectivity index (χ1v) is 7.51. The van der Waals surface area contributed by atoms with Crippen molar-refractivity contribution in [1.82, 2.24) is 5.32 Å². The summed E-state index contributed by atoms with van der Waals surface area (Å²) in [5.41, 5.74) is 1.00. The summed E-state index contributed by atoms with van der Waals surface area (Å²) in [7, 11) is 0. The monoisotopic (exact) mass is 301 g/mol. The summed E-state index contributed by atoms with van der Waals surface area (Å²) in [5, 5.41) is 12.7. The van der Waals surface area contributed by atoms with E-state index in [4.69, 9.17) is 0 Å². The highest BCUT2D eigenvalue weighted by Gasteiger charge is 2.42. The second-order valence-electron chi connectivity index (χ2n) is 5.82. The van der Waals surface area contributed by atoms with Gasteiger partial charge in [-0.1, -0.05) is 25.5 Å². The summed E-state index contributed by atoms with van der Waals surface area (Å²) in [6.07, 6.45) is -1.46. The van der Waals surface area contributed by atoms with E-state index in [1.165, 1.54) is 0 Å². The smallest absolute Gasteiger partial charge is 0.391 e. The Hall–Kier alpha value is -1.23. The maximum atomic E-state index is 12.8. The molecule has 0 radical (unpaired) electrons. The van der Waals surface area contributed by atoms with Gasteiger partial charge in [0.2, 0.25) is 0 Å². The van der Waals surface area contributed by atoms with Crippen molar-refractivity contribution in [2.24, 2.45) is 5.92 Å². The van der Waals surface area contributed by atoms with E-state index in [9.17, 15) is 18.3 Å². The Kier molecular flexibility index (Phi) is 5.14. The molecule has 3 atom stereocenters. The van der Waals surface area contributed by atoms with Crippen LogP contribution in [0.25, 0.3) is 0 Å². The minimum Gasteiger partial charge on any atom is -0.508 e. The van der Waals surface area contributed by atoms with Crippen molar-refractivity contribution in [3.8, 4) is 5.75 Å². The normalized spacial score (nSPS) is 24.8. The highest BCUT2D eigenvalue weighted by atomic mass is 19.4. The predicted octanol–water partition coefficient (Wildman–Crippen LogP) is 4.55. The Morgan fingerprint density at radius 1 is 1.24 bits per heavy atom. The van der Waals surface area contributed by atoms with Crippen molar-refractivity contribution in [1.29, 1.82) is 0 Å². The molecule has 0 heterocycles. The average Bonchev–Trinajstić information content (AvgIpc) is 2.45. The number of aromatic hydroxyl groups is 1. The summed E-state index contributed by atoms with van der Waals surface area (Å²) >= 11 is 0. The first-order valence-electron chi connectivity index (χ1n) is 7.51. The van der Waals surface area contributed by atoms with Crippen molar-refractivity contribution < 1.29 is 18.3 Å². The number of benzene rings is 1. The van der Waals surface area contributed by atoms with Gasteiger partial charge >= 0.3 is 6.18 Å². The number of hydrogen-bond acceptors (Lipinski definition) is 2. The van der Waals surface area contributed by atoms with Crippen LogP contribution in [0.5, 0.6) is 5.75 Å². The largest absolute Gasteiger partial charge is 0.508 e. The molecule has 0 spiro atoms. The van der Waals surface area contributed by atoms with E-state index in [0.717, 1.165) is 18.4 Å². The molecule has 1 fully saturated rings. The molecule has 1 aromatic carbocycles. The van der Waals surface area contributed by atoms with Crippen molar-refractivity contribution in [3.63, 3.8) is 0 Å². The van der Waals surface area contributed by atoms with E-state index in [1.54, 1.807) is 12.1 Å². The van der Waals surface area contributed by atoms with Gasteiger partial charge in [0.15, 0.2) is 0 Å². The standard InChI is InChI=1S/C16H22F3NO/c1-2-15(11-6-8-14(21)9-7-11)20-13-5-3-4-12(10-13)16(17,18)19/h6-9,12-13,15,20-21H,2-5,10H2,1H3. The fourth-order valence-electron chi connectivity index (χ4n) is 3.08. The van der Waals surface area contributed by atoms with Gasteiger partial charge in [0.1, 0.15) is 5.75 Å². The molecule has 1 aliphatic carbocycles. The van der Waals surface area contributed by atoms with Crippen molar-refractivity contribution >= 4 is 0 Å². The fourth-order valence-corrected chi connectivity index (χ4v) is 3.08. The summed E-state index contributed by atoms with van der Waals surface area (Å²) in [6, 6.07) is 6.80. The predicted molar refractivity (Wildman–Crippen MR) is 76.1 cm³/mol. The van der Waals surface area contributed by atoms with Crippen molar-refractivity contribution in [2.75, 3.05) is 0 Å². The zero-order valence-corrected chi connectivity index (χ0v) is 12.2. The van der Waals surface area contributed by atoms with Crippen LogP contribution in [0, 0.1) is 5.92 Å². The lowest BCUT2D eigenvalue weighted by Gasteiger charge is -2.33. The number of halogens is 3. The van der Waals surface area contributed by atoms with Gasteiger partial charge in [0.25, 0.3) is 0 Å². The SMILES string of the molecule is CCC(NC1CCCC(C(F)(F)F)C1)c1ccc(O)cc1. The number of alkyl halides is 3. The highest BCUT2D eigenvalue weighted by Crippen LogP contribution is 2.38. The highest BCUT2D eigenvalue weighted by molar-refractivity contribution is 5.28. The van der Waals surface area contributed by atoms with Gasteiger partial charge in [-0.05, 0) is 43.4 Å². The lowest BCUT2D eigenvalue weighted by Crippen LogP contribution is -2.40. The van der Waals surface area contributed by atoms with E-state index >= 15 is 0 Å². The van der Waals surface area contributed by atoms with Gasteiger partial charge in [-0.15, -0.1) is 0 Å². The summed E-state index contributed by atoms with van der Waals surface area (Å²) < 4.78 is 38.5. The minimum absolute atomic E-state index is 0.0302. The number of phenols is 1. The molecular formula is C16H22F3NO. The van der Waals surface area contributed by atoms with Crippen LogP contribution in [0.2, 0.25) is 0 Å². The van der Waals surface area contributed by atoms with Crippen LogP contribution < -0.4 is 5.32 Å². The molecule has 2 rings (SSSR count). The molecule has 3 unspecified atom stereocenters. The third kappa shape index (κ3) is 4.37. The van der Waals surface area contributed by atoms with E-state index in [1.807, 2.05) is 19.1 Å². The van der Waals surface area contributed by atoms with Crippen molar-refractivity contribution in [2.45, 2.75) is 57.3 Å². The number of nitrogens with one attached hydrogen (secondary N) is 1. The lowest BCUT2D eigenvalue weighted by molar-refractivity contribution is -0.183. The first kappa shape index (κ1) is 16.1. The third-order valence-electron chi connectivity index (χ3n) is 4.28. The molecule has 0 saturated heterocycles. The molecule has 5 heteroatoms. The number of hydrogen-bond donors (Lipinski definition) is 2. The molecule has 21 heavy (non-hydrogen) atoms. The molecule has 1 aliphatic rings. The maximum Gasteiger partial charge on any atom is 0.391 e. The van der Waals surface area contributed by atoms with Crippen LogP contribution in [0.4, 0.5) is 13.2 Å². The molecule has 2 N–H and O–H groups in total. The van der Waals surface area contributed by atoms with Crippen molar-refractivity contribution in [3.05, 3.63) is 29.8 Å². The molecular weight excluding hydrogens is 279 g/mol. The average molecular weight is 301 g/mol. The first-order chi connectivity index (χ1) is 9.90. The third-order valence-corrected chi connectivity index (χ3v) is 4.28. The van der Waals surface area contributed by atoms with Crippen LogP contribution in [0.1, 0.15) is 50.6 Å². The second-order valence-corrected chi connectivity index (χ2v) is 5.82. The Balaban J connectivity index is 1.99. The van der Waals surface area contributed by atoms with Crippen LogP contribution >= 0.6 is 0 Å². The summed E-state index contributed by atoms with van der Waals surface area (Å²) in [4.78, 5) is 0. The van der Waals surface area contributed by atoms with E-state index in [2.05, 4.69) is 5.32 Å². The van der Waals surface area contributed by atoms with E-state index in [0.29, 0.717) is 6.42 Å². The molecule has 118 valence electrons. The molecule has 0 aliphatic heterocycles. The Labute approximate surface area is 123 Å². The second kappa shape index (κ2) is 6.69. The minimum atomic E-state index is -4.08. The molecule has 2 nitrogen and oxygen atoms in total. The molecule has 0 amide bonds. The zero-order chi connectivity index (χ0) is 15.5. The van der Waals surface area contributed by atoms with Gasteiger partial charge in [0, 0.05) is 12.1 Å². The van der Waals surface area contributed by atoms with Gasteiger partial charge < -0.3 is 10.4 Å². The molecule has 0 bridgehead atoms. The summed E-state index contributed by atoms with van der Waals surface area (Å²) in [6.45, 7) is 2.01. The van der Waals surface area contributed by atoms with Gasteiger partial charge in [-0.25, -0.2) is 0 Å². The van der Waals surface area contributed by atoms with E-state index in [-0.39, 0.29) is 30.7 Å². The Bertz CT molecular complexity index is 444. The number of rotatable bonds is 4. The topological polar surface area (TPSA) is 32.3 Å². The Morgan fingerprint density at radius 2 is 1.90 bits per heavy atom. The maximum absolute atomic E-state index is 12.8. The van der Waals surface area contributed by atoms with Gasteiger partial charge in [-0.2, -0.15) is 13.2 Å². The van der Waals surface area contributed by atoms with Crippen LogP contribution in [-0.4, -0.2) is 17.3 Å². The lowest BCUT2D eigenvalue weighted by atomic mass is 9.84. The number of phenolic OH excluding ortho intramolecular Hbond substituents is 1. The van der Waals surface area contributed by atoms with Crippen LogP contribution in [0.3, 0.4) is 0 Å². The van der Waals surface area contributed by atoms with Gasteiger partial charge in [-0.3, -0.25) is 0 Å². The van der Waals surface area contributed by atoms with E-state index < -0.39 is 12.1 Å². The molecule has 1 saturated carbocycles. The van der Waals surface area contributed by atoms with Gasteiger partial charge in [0.05, 0.1) is 5.92 Å². The zero-order valence-electron chi connectivity index (χ0n) is 12.2. The van der Waals surface area contributed by atoms with Crippen LogP contribution in [-0.2, 0) is 0 Å². The fraction of sp³-hybridized carbons (Fsp3) is 0.625. The molecule has 1 aromatic rings. The molecule has 0 aromatic heterocycles. The van der Waals surface area contributed by atoms with Crippen LogP contribution in [0.15, 0.2) is 24.3 Å². The summed E-state index contributed by atoms with van der Waals surface area (Å²) in [5.74, 6) is -0.982.